The third kappa shape index (κ3) is 3.32. The second kappa shape index (κ2) is 6.49. The molecule has 2 aliphatic rings. The van der Waals surface area contributed by atoms with Gasteiger partial charge < -0.3 is 9.84 Å². The van der Waals surface area contributed by atoms with Crippen molar-refractivity contribution in [1.82, 2.24) is 15.4 Å². The Bertz CT molecular complexity index is 445. The first-order valence-corrected chi connectivity index (χ1v) is 8.54. The van der Waals surface area contributed by atoms with E-state index in [9.17, 15) is 0 Å². The maximum atomic E-state index is 5.32. The number of hydrogen-bond donors (Lipinski definition) is 1. The molecule has 4 nitrogen and oxygen atoms in total. The first-order valence-electron chi connectivity index (χ1n) is 8.54. The minimum atomic E-state index is 0.582. The van der Waals surface area contributed by atoms with Crippen LogP contribution in [-0.4, -0.2) is 35.2 Å². The van der Waals surface area contributed by atoms with Crippen molar-refractivity contribution in [2.24, 2.45) is 5.92 Å². The highest BCUT2D eigenvalue weighted by Gasteiger charge is 2.31. The molecule has 3 rings (SSSR count). The molecule has 0 aromatic carbocycles. The molecule has 2 heterocycles. The molecule has 0 radical (unpaired) electrons. The molecule has 4 heteroatoms. The summed E-state index contributed by atoms with van der Waals surface area (Å²) in [5.74, 6) is 1.85. The fraction of sp³-hybridized carbons (Fsp3) is 0.824. The zero-order valence-electron chi connectivity index (χ0n) is 13.7. The topological polar surface area (TPSA) is 41.3 Å². The van der Waals surface area contributed by atoms with Crippen LogP contribution in [0.15, 0.2) is 4.52 Å². The normalized spacial score (nSPS) is 28.9. The molecule has 0 bridgehead atoms. The molecule has 0 amide bonds. The van der Waals surface area contributed by atoms with Crippen LogP contribution in [0.25, 0.3) is 0 Å². The summed E-state index contributed by atoms with van der Waals surface area (Å²) < 4.78 is 5.32. The van der Waals surface area contributed by atoms with Crippen LogP contribution in [0.2, 0.25) is 0 Å². The van der Waals surface area contributed by atoms with Crippen LogP contribution in [0.3, 0.4) is 0 Å². The zero-order valence-corrected chi connectivity index (χ0v) is 13.7. The Labute approximate surface area is 128 Å². The van der Waals surface area contributed by atoms with Gasteiger partial charge in [0, 0.05) is 37.3 Å². The Morgan fingerprint density at radius 3 is 2.67 bits per heavy atom. The Morgan fingerprint density at radius 2 is 2.00 bits per heavy atom. The van der Waals surface area contributed by atoms with E-state index in [-0.39, 0.29) is 0 Å². The van der Waals surface area contributed by atoms with Crippen molar-refractivity contribution in [3.05, 3.63) is 17.0 Å². The van der Waals surface area contributed by atoms with Crippen molar-refractivity contribution < 1.29 is 4.52 Å². The minimum Gasteiger partial charge on any atom is -0.361 e. The highest BCUT2D eigenvalue weighted by Crippen LogP contribution is 2.29. The van der Waals surface area contributed by atoms with Crippen LogP contribution in [0, 0.1) is 19.8 Å². The molecule has 118 valence electrons. The van der Waals surface area contributed by atoms with Crippen LogP contribution in [-0.2, 0) is 6.54 Å². The first-order chi connectivity index (χ1) is 10.1. The van der Waals surface area contributed by atoms with Crippen LogP contribution in [0.1, 0.15) is 56.0 Å². The van der Waals surface area contributed by atoms with E-state index in [1.54, 1.807) is 0 Å². The molecule has 1 aliphatic heterocycles. The molecule has 2 atom stereocenters. The van der Waals surface area contributed by atoms with E-state index >= 15 is 0 Å². The predicted molar refractivity (Wildman–Crippen MR) is 84.2 cm³/mol. The van der Waals surface area contributed by atoms with Gasteiger partial charge in [0.2, 0.25) is 0 Å². The molecule has 1 saturated carbocycles. The number of piperazine rings is 1. The van der Waals surface area contributed by atoms with Gasteiger partial charge in [0.15, 0.2) is 0 Å². The number of aromatic nitrogens is 1. The average molecular weight is 291 g/mol. The summed E-state index contributed by atoms with van der Waals surface area (Å²) in [6.45, 7) is 9.65. The lowest BCUT2D eigenvalue weighted by molar-refractivity contribution is 0.0975. The van der Waals surface area contributed by atoms with Gasteiger partial charge >= 0.3 is 0 Å². The van der Waals surface area contributed by atoms with Crippen LogP contribution in [0.5, 0.6) is 0 Å². The molecule has 2 unspecified atom stereocenters. The Balaban J connectivity index is 1.66. The van der Waals surface area contributed by atoms with E-state index < -0.39 is 0 Å². The summed E-state index contributed by atoms with van der Waals surface area (Å²) in [5, 5.41) is 7.89. The maximum absolute atomic E-state index is 5.32. The van der Waals surface area contributed by atoms with Gasteiger partial charge in [0.1, 0.15) is 5.76 Å². The number of nitrogens with one attached hydrogen (secondary N) is 1. The highest BCUT2D eigenvalue weighted by atomic mass is 16.5. The Kier molecular flexibility index (Phi) is 4.65. The van der Waals surface area contributed by atoms with E-state index in [1.165, 1.54) is 37.7 Å². The molecule has 0 spiro atoms. The quantitative estimate of drug-likeness (QED) is 0.929. The van der Waals surface area contributed by atoms with Gasteiger partial charge in [-0.2, -0.15) is 0 Å². The lowest BCUT2D eigenvalue weighted by Gasteiger charge is -2.42. The predicted octanol–water partition coefficient (Wildman–Crippen LogP) is 3.03. The summed E-state index contributed by atoms with van der Waals surface area (Å²) in [5.41, 5.74) is 2.33. The second-order valence-electron chi connectivity index (χ2n) is 6.99. The Morgan fingerprint density at radius 1 is 1.24 bits per heavy atom. The van der Waals surface area contributed by atoms with Gasteiger partial charge in [-0.15, -0.1) is 0 Å². The van der Waals surface area contributed by atoms with E-state index in [2.05, 4.69) is 29.2 Å². The van der Waals surface area contributed by atoms with Crippen LogP contribution >= 0.6 is 0 Å². The minimum absolute atomic E-state index is 0.582. The van der Waals surface area contributed by atoms with Crippen molar-refractivity contribution in [2.45, 2.75) is 71.5 Å². The van der Waals surface area contributed by atoms with Crippen molar-refractivity contribution in [3.8, 4) is 0 Å². The molecule has 1 aliphatic carbocycles. The molecule has 1 aromatic rings. The number of hydrogen-bond acceptors (Lipinski definition) is 4. The smallest absolute Gasteiger partial charge is 0.138 e. The van der Waals surface area contributed by atoms with Crippen molar-refractivity contribution in [2.75, 3.05) is 13.1 Å². The van der Waals surface area contributed by atoms with Gasteiger partial charge in [0.05, 0.1) is 5.69 Å². The van der Waals surface area contributed by atoms with Gasteiger partial charge in [-0.25, -0.2) is 0 Å². The van der Waals surface area contributed by atoms with Gasteiger partial charge in [0.25, 0.3) is 0 Å². The number of aryl methyl sites for hydroxylation is 2. The fourth-order valence-corrected chi connectivity index (χ4v) is 3.95. The summed E-state index contributed by atoms with van der Waals surface area (Å²) >= 11 is 0. The maximum Gasteiger partial charge on any atom is 0.138 e. The number of rotatable bonds is 3. The summed E-state index contributed by atoms with van der Waals surface area (Å²) in [4.78, 5) is 2.61. The van der Waals surface area contributed by atoms with Gasteiger partial charge in [-0.3, -0.25) is 4.90 Å². The van der Waals surface area contributed by atoms with Crippen LogP contribution in [0.4, 0.5) is 0 Å². The largest absolute Gasteiger partial charge is 0.361 e. The van der Waals surface area contributed by atoms with E-state index in [0.29, 0.717) is 12.1 Å². The lowest BCUT2D eigenvalue weighted by atomic mass is 9.82. The molecule has 21 heavy (non-hydrogen) atoms. The molecule has 1 saturated heterocycles. The standard InChI is InChI=1S/C17H29N3O/c1-12-9-18-17(15-7-5-4-6-8-15)11-20(12)10-16-13(2)19-21-14(16)3/h12,15,17-18H,4-11H2,1-3H3. The molecule has 1 N–H and O–H groups in total. The van der Waals surface area contributed by atoms with Gasteiger partial charge in [-0.1, -0.05) is 24.4 Å². The Hall–Kier alpha value is -0.870. The van der Waals surface area contributed by atoms with Crippen molar-refractivity contribution in [3.63, 3.8) is 0 Å². The summed E-state index contributed by atoms with van der Waals surface area (Å²) in [6.07, 6.45) is 7.09. The van der Waals surface area contributed by atoms with E-state index in [4.69, 9.17) is 4.52 Å². The zero-order chi connectivity index (χ0) is 14.8. The highest BCUT2D eigenvalue weighted by molar-refractivity contribution is 5.20. The monoisotopic (exact) mass is 291 g/mol. The SMILES string of the molecule is Cc1noc(C)c1CN1CC(C2CCCCC2)NCC1C. The fourth-order valence-electron chi connectivity index (χ4n) is 3.95. The summed E-state index contributed by atoms with van der Waals surface area (Å²) in [6, 6.07) is 1.25. The third-order valence-corrected chi connectivity index (χ3v) is 5.49. The molecule has 1 aromatic heterocycles. The summed E-state index contributed by atoms with van der Waals surface area (Å²) in [7, 11) is 0. The van der Waals surface area contributed by atoms with Crippen molar-refractivity contribution in [1.29, 1.82) is 0 Å². The van der Waals surface area contributed by atoms with Gasteiger partial charge in [-0.05, 0) is 39.5 Å². The van der Waals surface area contributed by atoms with E-state index in [1.807, 2.05) is 6.92 Å². The average Bonchev–Trinajstić information content (AvgIpc) is 2.82. The first kappa shape index (κ1) is 15.0. The number of nitrogens with zero attached hydrogens (tertiary/aromatic N) is 2. The third-order valence-electron chi connectivity index (χ3n) is 5.49. The van der Waals surface area contributed by atoms with E-state index in [0.717, 1.165) is 37.0 Å². The van der Waals surface area contributed by atoms with Crippen LogP contribution < -0.4 is 5.32 Å². The molecular weight excluding hydrogens is 262 g/mol. The molecular formula is C17H29N3O. The van der Waals surface area contributed by atoms with Crippen molar-refractivity contribution >= 4 is 0 Å². The second-order valence-corrected chi connectivity index (χ2v) is 6.99. The molecule has 2 fully saturated rings. The lowest BCUT2D eigenvalue weighted by Crippen LogP contribution is -2.57.